The van der Waals surface area contributed by atoms with Crippen molar-refractivity contribution in [3.63, 3.8) is 0 Å². The Morgan fingerprint density at radius 3 is 2.69 bits per heavy atom. The number of fused-ring (bicyclic) bond motifs is 1. The lowest BCUT2D eigenvalue weighted by molar-refractivity contribution is 0.0505. The smallest absolute Gasteiger partial charge is 0.341 e. The predicted molar refractivity (Wildman–Crippen MR) is 119 cm³/mol. The molecule has 0 unspecified atom stereocenters. The number of esters is 1. The summed E-state index contributed by atoms with van der Waals surface area (Å²) in [6.07, 6.45) is -1.88. The Morgan fingerprint density at radius 1 is 1.20 bits per heavy atom. The summed E-state index contributed by atoms with van der Waals surface area (Å²) >= 11 is 1.32. The van der Waals surface area contributed by atoms with E-state index in [1.165, 1.54) is 23.5 Å². The number of halogens is 4. The molecule has 4 rings (SSSR count). The maximum atomic E-state index is 13.2. The molecule has 0 saturated heterocycles. The average Bonchev–Trinajstić information content (AvgIpc) is 3.54. The monoisotopic (exact) mass is 513 g/mol. The second-order valence-electron chi connectivity index (χ2n) is 8.02. The Bertz CT molecular complexity index is 1220. The lowest BCUT2D eigenvalue weighted by Gasteiger charge is -2.12. The van der Waals surface area contributed by atoms with E-state index < -0.39 is 36.1 Å². The highest BCUT2D eigenvalue weighted by Crippen LogP contribution is 2.39. The minimum atomic E-state index is -3.01. The summed E-state index contributed by atoms with van der Waals surface area (Å²) < 4.78 is 63.8. The van der Waals surface area contributed by atoms with Crippen molar-refractivity contribution in [3.05, 3.63) is 57.1 Å². The minimum Gasteiger partial charge on any atom is -0.462 e. The molecule has 1 aliphatic carbocycles. The number of nitrogens with zero attached hydrogens (tertiary/aromatic N) is 2. The zero-order valence-electron chi connectivity index (χ0n) is 18.8. The molecule has 0 radical (unpaired) electrons. The predicted octanol–water partition coefficient (Wildman–Crippen LogP) is 6.16. The topological polar surface area (TPSA) is 86.4 Å². The van der Waals surface area contributed by atoms with Crippen molar-refractivity contribution in [2.24, 2.45) is 0 Å². The SMILES string of the molecule is CCCOC(=O)c1c(NC(=O)c2ccc(Cn3nc(C(F)F)cc3C(F)F)o2)sc2c1CCCC2. The first-order valence-electron chi connectivity index (χ1n) is 11.1. The molecular formula is C23H23F4N3O4S. The van der Waals surface area contributed by atoms with Crippen LogP contribution in [0.5, 0.6) is 0 Å². The summed E-state index contributed by atoms with van der Waals surface area (Å²) in [5, 5.41) is 6.60. The van der Waals surface area contributed by atoms with Gasteiger partial charge in [-0.3, -0.25) is 9.48 Å². The van der Waals surface area contributed by atoms with Gasteiger partial charge in [0.25, 0.3) is 18.8 Å². The average molecular weight is 514 g/mol. The second-order valence-corrected chi connectivity index (χ2v) is 9.13. The first-order chi connectivity index (χ1) is 16.8. The van der Waals surface area contributed by atoms with Gasteiger partial charge in [-0.2, -0.15) is 5.10 Å². The fraction of sp³-hybridized carbons (Fsp3) is 0.435. The number of nitrogens with one attached hydrogen (secondary N) is 1. The van der Waals surface area contributed by atoms with Crippen LogP contribution >= 0.6 is 11.3 Å². The van der Waals surface area contributed by atoms with Crippen molar-refractivity contribution in [3.8, 4) is 0 Å². The molecule has 0 spiro atoms. The van der Waals surface area contributed by atoms with Gasteiger partial charge in [-0.25, -0.2) is 22.4 Å². The van der Waals surface area contributed by atoms with E-state index in [0.717, 1.165) is 40.8 Å². The Labute approximate surface area is 202 Å². The lowest BCUT2D eigenvalue weighted by atomic mass is 9.95. The molecule has 0 bridgehead atoms. The van der Waals surface area contributed by atoms with Gasteiger partial charge in [-0.05, 0) is 55.9 Å². The highest BCUT2D eigenvalue weighted by molar-refractivity contribution is 7.17. The molecule has 35 heavy (non-hydrogen) atoms. The summed E-state index contributed by atoms with van der Waals surface area (Å²) in [5.74, 6) is -1.18. The van der Waals surface area contributed by atoms with E-state index >= 15 is 0 Å². The number of aryl methyl sites for hydroxylation is 1. The zero-order valence-corrected chi connectivity index (χ0v) is 19.6. The number of alkyl halides is 4. The number of amides is 1. The summed E-state index contributed by atoms with van der Waals surface area (Å²) in [4.78, 5) is 26.6. The van der Waals surface area contributed by atoms with Crippen LogP contribution in [0.1, 0.15) is 87.5 Å². The molecule has 188 valence electrons. The van der Waals surface area contributed by atoms with Crippen LogP contribution in [-0.2, 0) is 24.1 Å². The number of hydrogen-bond donors (Lipinski definition) is 1. The molecule has 0 atom stereocenters. The molecule has 1 amide bonds. The Balaban J connectivity index is 1.53. The van der Waals surface area contributed by atoms with Gasteiger partial charge in [0.05, 0.1) is 18.7 Å². The largest absolute Gasteiger partial charge is 0.462 e. The summed E-state index contributed by atoms with van der Waals surface area (Å²) in [5.41, 5.74) is -0.196. The highest BCUT2D eigenvalue weighted by Gasteiger charge is 2.28. The molecule has 0 aromatic carbocycles. The molecule has 0 aliphatic heterocycles. The molecule has 0 saturated carbocycles. The van der Waals surface area contributed by atoms with E-state index in [-0.39, 0.29) is 24.7 Å². The number of furan rings is 1. The normalized spacial score (nSPS) is 13.3. The molecule has 1 aliphatic rings. The van der Waals surface area contributed by atoms with Crippen molar-refractivity contribution >= 4 is 28.2 Å². The van der Waals surface area contributed by atoms with Crippen LogP contribution in [0.3, 0.4) is 0 Å². The van der Waals surface area contributed by atoms with Crippen molar-refractivity contribution < 1.29 is 36.3 Å². The minimum absolute atomic E-state index is 0.0778. The molecule has 3 aromatic heterocycles. The van der Waals surface area contributed by atoms with Crippen LogP contribution in [0.15, 0.2) is 22.6 Å². The maximum Gasteiger partial charge on any atom is 0.341 e. The van der Waals surface area contributed by atoms with Gasteiger partial charge < -0.3 is 14.5 Å². The van der Waals surface area contributed by atoms with E-state index in [9.17, 15) is 27.2 Å². The number of ether oxygens (including phenoxy) is 1. The number of carbonyl (C=O) groups is 2. The molecule has 7 nitrogen and oxygen atoms in total. The Kier molecular flexibility index (Phi) is 7.58. The number of aromatic nitrogens is 2. The van der Waals surface area contributed by atoms with Gasteiger partial charge in [0.15, 0.2) is 5.76 Å². The summed E-state index contributed by atoms with van der Waals surface area (Å²) in [6, 6.07) is 3.36. The molecule has 3 aromatic rings. The first-order valence-corrected chi connectivity index (χ1v) is 12.0. The van der Waals surface area contributed by atoms with Gasteiger partial charge in [0, 0.05) is 4.88 Å². The van der Waals surface area contributed by atoms with Crippen LogP contribution < -0.4 is 5.32 Å². The fourth-order valence-corrected chi connectivity index (χ4v) is 5.17. The van der Waals surface area contributed by atoms with E-state index in [4.69, 9.17) is 9.15 Å². The highest BCUT2D eigenvalue weighted by atomic mass is 32.1. The summed E-state index contributed by atoms with van der Waals surface area (Å²) in [6.45, 7) is 1.79. The van der Waals surface area contributed by atoms with E-state index in [1.807, 2.05) is 6.92 Å². The molecular weight excluding hydrogens is 490 g/mol. The van der Waals surface area contributed by atoms with E-state index in [0.29, 0.717) is 23.1 Å². The fourth-order valence-electron chi connectivity index (χ4n) is 3.89. The Hall–Kier alpha value is -3.15. The van der Waals surface area contributed by atoms with Crippen LogP contribution in [0.2, 0.25) is 0 Å². The number of anilines is 1. The second kappa shape index (κ2) is 10.6. The van der Waals surface area contributed by atoms with Crippen LogP contribution in [0.4, 0.5) is 22.6 Å². The third-order valence-electron chi connectivity index (χ3n) is 5.51. The third kappa shape index (κ3) is 5.42. The van der Waals surface area contributed by atoms with Gasteiger partial charge in [0.2, 0.25) is 0 Å². The van der Waals surface area contributed by atoms with Crippen molar-refractivity contribution in [2.45, 2.75) is 58.4 Å². The standard InChI is InChI=1S/C23H23F4N3O4S/c1-2-9-33-23(32)18-13-5-3-4-6-17(13)35-22(18)28-21(31)16-8-7-12(34-16)11-30-15(20(26)27)10-14(29-30)19(24)25/h7-8,10,19-20H,2-6,9,11H2,1H3,(H,28,31). The molecule has 12 heteroatoms. The maximum absolute atomic E-state index is 13.2. The van der Waals surface area contributed by atoms with Gasteiger partial charge >= 0.3 is 5.97 Å². The number of hydrogen-bond acceptors (Lipinski definition) is 6. The number of rotatable bonds is 9. The third-order valence-corrected chi connectivity index (χ3v) is 6.72. The molecule has 1 N–H and O–H groups in total. The number of carbonyl (C=O) groups excluding carboxylic acids is 2. The van der Waals surface area contributed by atoms with Gasteiger partial charge in [-0.15, -0.1) is 11.3 Å². The van der Waals surface area contributed by atoms with Crippen molar-refractivity contribution in [1.82, 2.24) is 9.78 Å². The first kappa shape index (κ1) is 25.0. The molecule has 3 heterocycles. The Morgan fingerprint density at radius 2 is 1.97 bits per heavy atom. The number of thiophene rings is 1. The lowest BCUT2D eigenvalue weighted by Crippen LogP contribution is -2.15. The van der Waals surface area contributed by atoms with Crippen LogP contribution in [0, 0.1) is 0 Å². The van der Waals surface area contributed by atoms with Gasteiger partial charge in [0.1, 0.15) is 22.1 Å². The van der Waals surface area contributed by atoms with Crippen LogP contribution in [0.25, 0.3) is 0 Å². The summed E-state index contributed by atoms with van der Waals surface area (Å²) in [7, 11) is 0. The van der Waals surface area contributed by atoms with Crippen molar-refractivity contribution in [2.75, 3.05) is 11.9 Å². The zero-order chi connectivity index (χ0) is 25.1. The van der Waals surface area contributed by atoms with Crippen molar-refractivity contribution in [1.29, 1.82) is 0 Å². The van der Waals surface area contributed by atoms with Gasteiger partial charge in [-0.1, -0.05) is 6.92 Å². The quantitative estimate of drug-likeness (QED) is 0.274. The van der Waals surface area contributed by atoms with E-state index in [1.54, 1.807) is 0 Å². The molecule has 0 fully saturated rings. The van der Waals surface area contributed by atoms with Crippen LogP contribution in [-0.4, -0.2) is 28.3 Å². The van der Waals surface area contributed by atoms with E-state index in [2.05, 4.69) is 10.4 Å².